The number of nitrogens with one attached hydrogen (secondary N) is 1. The van der Waals surface area contributed by atoms with Crippen molar-refractivity contribution in [3.63, 3.8) is 0 Å². The van der Waals surface area contributed by atoms with Gasteiger partial charge in [-0.3, -0.25) is 9.59 Å². The van der Waals surface area contributed by atoms with Crippen LogP contribution in [-0.2, 0) is 9.59 Å². The van der Waals surface area contributed by atoms with Gasteiger partial charge in [-0.1, -0.05) is 6.42 Å². The van der Waals surface area contributed by atoms with Gasteiger partial charge in [0.2, 0.25) is 5.91 Å². The van der Waals surface area contributed by atoms with Crippen molar-refractivity contribution in [1.82, 2.24) is 5.32 Å². The molecule has 0 radical (unpaired) electrons. The van der Waals surface area contributed by atoms with E-state index in [1.165, 1.54) is 19.3 Å². The Hall–Kier alpha value is -1.06. The number of carboxylic acids is 1. The van der Waals surface area contributed by atoms with Crippen LogP contribution >= 0.6 is 0 Å². The minimum atomic E-state index is -0.718. The van der Waals surface area contributed by atoms with Crippen molar-refractivity contribution >= 4 is 11.9 Å². The number of carboxylic acid groups (broad SMARTS) is 1. The van der Waals surface area contributed by atoms with Gasteiger partial charge < -0.3 is 10.4 Å². The molecular weight excluding hydrogens is 218 g/mol. The molecule has 3 aliphatic carbocycles. The van der Waals surface area contributed by atoms with Crippen molar-refractivity contribution in [2.45, 2.75) is 44.6 Å². The molecule has 0 saturated heterocycles. The van der Waals surface area contributed by atoms with E-state index in [0.29, 0.717) is 24.7 Å². The van der Waals surface area contributed by atoms with E-state index in [2.05, 4.69) is 5.32 Å². The first-order valence-corrected chi connectivity index (χ1v) is 6.70. The third-order valence-electron chi connectivity index (χ3n) is 4.84. The second-order valence-electron chi connectivity index (χ2n) is 5.84. The van der Waals surface area contributed by atoms with Crippen molar-refractivity contribution in [2.75, 3.05) is 0 Å². The summed E-state index contributed by atoms with van der Waals surface area (Å²) in [6.45, 7) is 0. The summed E-state index contributed by atoms with van der Waals surface area (Å²) in [6.07, 6.45) is 5.85. The number of carbonyl (C=O) groups is 2. The molecule has 4 heteroatoms. The predicted octanol–water partition coefficient (Wildman–Crippen LogP) is 1.40. The van der Waals surface area contributed by atoms with Gasteiger partial charge in [0.15, 0.2) is 0 Å². The molecule has 0 aromatic rings. The number of rotatable bonds is 3. The Kier molecular flexibility index (Phi) is 2.60. The van der Waals surface area contributed by atoms with Gasteiger partial charge in [0, 0.05) is 12.0 Å². The van der Waals surface area contributed by atoms with E-state index in [-0.39, 0.29) is 23.8 Å². The molecule has 0 aromatic heterocycles. The van der Waals surface area contributed by atoms with Crippen molar-refractivity contribution in [2.24, 2.45) is 23.7 Å². The first-order valence-electron chi connectivity index (χ1n) is 6.70. The van der Waals surface area contributed by atoms with Crippen molar-refractivity contribution in [3.05, 3.63) is 0 Å². The number of fused-ring (bicyclic) bond motifs is 1. The summed E-state index contributed by atoms with van der Waals surface area (Å²) in [5, 5.41) is 12.0. The fourth-order valence-corrected chi connectivity index (χ4v) is 3.84. The third kappa shape index (κ3) is 1.94. The van der Waals surface area contributed by atoms with E-state index in [4.69, 9.17) is 5.11 Å². The standard InChI is InChI=1S/C13H19NO3/c15-12(11-9-2-1-3-10(9)11)14-8-5-4-7(6-8)13(16)17/h7-11H,1-6H2,(H,14,15)(H,16,17)/t7-,8+,9?,10?,11?/m0/s1. The van der Waals surface area contributed by atoms with Gasteiger partial charge in [-0.2, -0.15) is 0 Å². The predicted molar refractivity (Wildman–Crippen MR) is 61.2 cm³/mol. The highest BCUT2D eigenvalue weighted by Crippen LogP contribution is 2.57. The van der Waals surface area contributed by atoms with Crippen LogP contribution in [0.3, 0.4) is 0 Å². The van der Waals surface area contributed by atoms with Crippen LogP contribution in [0.25, 0.3) is 0 Å². The van der Waals surface area contributed by atoms with Gasteiger partial charge in [-0.05, 0) is 43.9 Å². The second kappa shape index (κ2) is 4.00. The van der Waals surface area contributed by atoms with Crippen LogP contribution in [0.15, 0.2) is 0 Å². The molecule has 2 N–H and O–H groups in total. The average Bonchev–Trinajstić information content (AvgIpc) is 2.72. The molecule has 17 heavy (non-hydrogen) atoms. The van der Waals surface area contributed by atoms with Gasteiger partial charge in [0.05, 0.1) is 5.92 Å². The van der Waals surface area contributed by atoms with Crippen LogP contribution in [0.5, 0.6) is 0 Å². The van der Waals surface area contributed by atoms with Crippen LogP contribution in [-0.4, -0.2) is 23.0 Å². The lowest BCUT2D eigenvalue weighted by Gasteiger charge is -2.13. The molecule has 3 saturated carbocycles. The van der Waals surface area contributed by atoms with Gasteiger partial charge in [-0.15, -0.1) is 0 Å². The normalized spacial score (nSPS) is 43.2. The average molecular weight is 237 g/mol. The number of aliphatic carboxylic acids is 1. The molecule has 3 rings (SSSR count). The highest BCUT2D eigenvalue weighted by molar-refractivity contribution is 5.83. The lowest BCUT2D eigenvalue weighted by Crippen LogP contribution is -2.35. The van der Waals surface area contributed by atoms with Gasteiger partial charge in [0.1, 0.15) is 0 Å². The van der Waals surface area contributed by atoms with E-state index in [1.54, 1.807) is 0 Å². The number of hydrogen-bond acceptors (Lipinski definition) is 2. The molecule has 0 aromatic carbocycles. The molecule has 94 valence electrons. The fraction of sp³-hybridized carbons (Fsp3) is 0.846. The van der Waals surface area contributed by atoms with Gasteiger partial charge in [0.25, 0.3) is 0 Å². The van der Waals surface area contributed by atoms with E-state index in [0.717, 1.165) is 6.42 Å². The highest BCUT2D eigenvalue weighted by atomic mass is 16.4. The Labute approximate surface area is 101 Å². The zero-order valence-corrected chi connectivity index (χ0v) is 9.89. The SMILES string of the molecule is O=C(N[C@@H]1CC[C@H](C(=O)O)C1)C1C2CCCC21. The molecule has 3 aliphatic rings. The quantitative estimate of drug-likeness (QED) is 0.779. The van der Waals surface area contributed by atoms with E-state index in [1.807, 2.05) is 0 Å². The summed E-state index contributed by atoms with van der Waals surface area (Å²) in [5.74, 6) is 0.769. The molecule has 3 fully saturated rings. The van der Waals surface area contributed by atoms with Crippen molar-refractivity contribution < 1.29 is 14.7 Å². The van der Waals surface area contributed by atoms with E-state index >= 15 is 0 Å². The smallest absolute Gasteiger partial charge is 0.306 e. The summed E-state index contributed by atoms with van der Waals surface area (Å²) in [5.41, 5.74) is 0. The minimum Gasteiger partial charge on any atom is -0.481 e. The largest absolute Gasteiger partial charge is 0.481 e. The summed E-state index contributed by atoms with van der Waals surface area (Å²) < 4.78 is 0. The maximum atomic E-state index is 12.0. The summed E-state index contributed by atoms with van der Waals surface area (Å²) >= 11 is 0. The number of carbonyl (C=O) groups excluding carboxylic acids is 1. The zero-order valence-electron chi connectivity index (χ0n) is 9.89. The van der Waals surface area contributed by atoms with Crippen LogP contribution in [0.1, 0.15) is 38.5 Å². The topological polar surface area (TPSA) is 66.4 Å². The summed E-state index contributed by atoms with van der Waals surface area (Å²) in [4.78, 5) is 22.8. The number of hydrogen-bond donors (Lipinski definition) is 2. The fourth-order valence-electron chi connectivity index (χ4n) is 3.84. The van der Waals surface area contributed by atoms with Gasteiger partial charge in [-0.25, -0.2) is 0 Å². The van der Waals surface area contributed by atoms with Crippen molar-refractivity contribution in [1.29, 1.82) is 0 Å². The van der Waals surface area contributed by atoms with Crippen LogP contribution < -0.4 is 5.32 Å². The Morgan fingerprint density at radius 3 is 2.35 bits per heavy atom. The molecular formula is C13H19NO3. The summed E-state index contributed by atoms with van der Waals surface area (Å²) in [7, 11) is 0. The molecule has 2 unspecified atom stereocenters. The van der Waals surface area contributed by atoms with E-state index < -0.39 is 5.97 Å². The monoisotopic (exact) mass is 237 g/mol. The lowest BCUT2D eigenvalue weighted by atomic mass is 10.1. The molecule has 1 amide bonds. The van der Waals surface area contributed by atoms with Crippen LogP contribution in [0.4, 0.5) is 0 Å². The molecule has 0 heterocycles. The Bertz CT molecular complexity index is 345. The first kappa shape index (κ1) is 11.1. The zero-order chi connectivity index (χ0) is 12.0. The van der Waals surface area contributed by atoms with E-state index in [9.17, 15) is 9.59 Å². The minimum absolute atomic E-state index is 0.102. The number of amides is 1. The highest BCUT2D eigenvalue weighted by Gasteiger charge is 2.56. The molecule has 0 aliphatic heterocycles. The molecule has 0 spiro atoms. The Balaban J connectivity index is 1.48. The molecule has 4 atom stereocenters. The third-order valence-corrected chi connectivity index (χ3v) is 4.84. The van der Waals surface area contributed by atoms with Gasteiger partial charge >= 0.3 is 5.97 Å². The lowest BCUT2D eigenvalue weighted by molar-refractivity contribution is -0.141. The van der Waals surface area contributed by atoms with Crippen LogP contribution in [0, 0.1) is 23.7 Å². The maximum absolute atomic E-state index is 12.0. The Morgan fingerprint density at radius 1 is 1.06 bits per heavy atom. The molecule has 4 nitrogen and oxygen atoms in total. The first-order chi connectivity index (χ1) is 8.16. The second-order valence-corrected chi connectivity index (χ2v) is 5.84. The summed E-state index contributed by atoms with van der Waals surface area (Å²) in [6, 6.07) is 0.102. The Morgan fingerprint density at radius 2 is 1.76 bits per heavy atom. The maximum Gasteiger partial charge on any atom is 0.306 e. The molecule has 0 bridgehead atoms. The van der Waals surface area contributed by atoms with Crippen LogP contribution in [0.2, 0.25) is 0 Å². The van der Waals surface area contributed by atoms with Crippen molar-refractivity contribution in [3.8, 4) is 0 Å².